The first-order valence-corrected chi connectivity index (χ1v) is 7.54. The summed E-state index contributed by atoms with van der Waals surface area (Å²) in [7, 11) is 1.36. The van der Waals surface area contributed by atoms with Gasteiger partial charge in [0.2, 0.25) is 5.95 Å². The number of nitrogens with zero attached hydrogens (tertiary/aromatic N) is 5. The molecule has 3 rings (SSSR count). The molecule has 1 fully saturated rings. The molecule has 0 bridgehead atoms. The van der Waals surface area contributed by atoms with Crippen LogP contribution < -0.4 is 10.6 Å². The first kappa shape index (κ1) is 17.0. The van der Waals surface area contributed by atoms with Gasteiger partial charge in [-0.1, -0.05) is 0 Å². The number of anilines is 3. The lowest BCUT2D eigenvalue weighted by molar-refractivity contribution is -0.137. The number of aryl methyl sites for hydroxylation is 1. The summed E-state index contributed by atoms with van der Waals surface area (Å²) in [6.07, 6.45) is -1.38. The second kappa shape index (κ2) is 5.61. The van der Waals surface area contributed by atoms with Crippen LogP contribution in [0.15, 0.2) is 12.4 Å². The Morgan fingerprint density at radius 2 is 2.16 bits per heavy atom. The Bertz CT molecular complexity index is 852. The van der Waals surface area contributed by atoms with Gasteiger partial charge in [-0.15, -0.1) is 0 Å². The number of nitriles is 1. The predicted molar refractivity (Wildman–Crippen MR) is 84.2 cm³/mol. The molecule has 2 aromatic heterocycles. The maximum Gasteiger partial charge on any atom is 0.421 e. The van der Waals surface area contributed by atoms with Gasteiger partial charge < -0.3 is 10.6 Å². The van der Waals surface area contributed by atoms with E-state index >= 15 is 0 Å². The summed E-state index contributed by atoms with van der Waals surface area (Å²) in [5, 5.41) is 18.8. The zero-order valence-electron chi connectivity index (χ0n) is 13.8. The van der Waals surface area contributed by atoms with Gasteiger partial charge in [-0.25, -0.2) is 4.98 Å². The molecule has 10 heteroatoms. The number of hydrogen-bond acceptors (Lipinski definition) is 6. The minimum Gasteiger partial charge on any atom is -0.372 e. The van der Waals surface area contributed by atoms with Crippen LogP contribution >= 0.6 is 0 Å². The van der Waals surface area contributed by atoms with Crippen molar-refractivity contribution in [3.63, 3.8) is 0 Å². The summed E-state index contributed by atoms with van der Waals surface area (Å²) < 4.78 is 40.3. The van der Waals surface area contributed by atoms with E-state index in [1.807, 2.05) is 6.92 Å². The lowest BCUT2D eigenvalue weighted by Crippen LogP contribution is -2.12. The molecular weight excluding hydrogens is 335 g/mol. The average Bonchev–Trinajstić information content (AvgIpc) is 3.12. The van der Waals surface area contributed by atoms with Crippen LogP contribution in [0.2, 0.25) is 0 Å². The van der Waals surface area contributed by atoms with E-state index in [4.69, 9.17) is 5.26 Å². The number of halogens is 3. The van der Waals surface area contributed by atoms with Crippen molar-refractivity contribution in [2.75, 3.05) is 17.7 Å². The first-order valence-electron chi connectivity index (χ1n) is 7.54. The van der Waals surface area contributed by atoms with Crippen LogP contribution in [-0.2, 0) is 6.18 Å². The maximum absolute atomic E-state index is 12.9. The van der Waals surface area contributed by atoms with Crippen LogP contribution in [0, 0.1) is 23.7 Å². The lowest BCUT2D eigenvalue weighted by atomic mass is 10.2. The van der Waals surface area contributed by atoms with Gasteiger partial charge in [0.05, 0.1) is 28.9 Å². The third-order valence-electron chi connectivity index (χ3n) is 4.26. The Morgan fingerprint density at radius 1 is 1.44 bits per heavy atom. The van der Waals surface area contributed by atoms with Gasteiger partial charge in [-0.2, -0.15) is 28.5 Å². The highest BCUT2D eigenvalue weighted by Gasteiger charge is 2.53. The smallest absolute Gasteiger partial charge is 0.372 e. The number of rotatable bonds is 4. The monoisotopic (exact) mass is 351 g/mol. The fraction of sp³-hybridized carbons (Fsp3) is 0.467. The highest BCUT2D eigenvalue weighted by atomic mass is 19.4. The van der Waals surface area contributed by atoms with Crippen LogP contribution in [0.1, 0.15) is 30.6 Å². The fourth-order valence-electron chi connectivity index (χ4n) is 2.57. The third kappa shape index (κ3) is 3.09. The van der Waals surface area contributed by atoms with Gasteiger partial charge in [0.1, 0.15) is 11.4 Å². The number of hydrogen-bond donors (Lipinski definition) is 2. The average molecular weight is 351 g/mol. The Kier molecular flexibility index (Phi) is 3.82. The molecule has 2 N–H and O–H groups in total. The van der Waals surface area contributed by atoms with Crippen LogP contribution in [-0.4, -0.2) is 26.8 Å². The molecule has 7 nitrogen and oxygen atoms in total. The summed E-state index contributed by atoms with van der Waals surface area (Å²) in [4.78, 5) is 7.60. The van der Waals surface area contributed by atoms with Gasteiger partial charge >= 0.3 is 6.18 Å². The molecule has 2 aromatic rings. The molecule has 0 amide bonds. The highest BCUT2D eigenvalue weighted by Crippen LogP contribution is 2.55. The zero-order valence-corrected chi connectivity index (χ0v) is 13.8. The number of alkyl halides is 3. The van der Waals surface area contributed by atoms with E-state index in [0.29, 0.717) is 17.8 Å². The van der Waals surface area contributed by atoms with Crippen LogP contribution in [0.4, 0.5) is 30.6 Å². The van der Waals surface area contributed by atoms with Crippen LogP contribution in [0.5, 0.6) is 0 Å². The van der Waals surface area contributed by atoms with Crippen LogP contribution in [0.25, 0.3) is 0 Å². The lowest BCUT2D eigenvalue weighted by Gasteiger charge is -2.12. The molecular formula is C15H16F3N7. The summed E-state index contributed by atoms with van der Waals surface area (Å²) in [6, 6.07) is 2.25. The Hall–Kier alpha value is -2.83. The van der Waals surface area contributed by atoms with E-state index in [1.165, 1.54) is 7.05 Å². The molecule has 1 saturated carbocycles. The van der Waals surface area contributed by atoms with E-state index in [1.54, 1.807) is 17.8 Å². The summed E-state index contributed by atoms with van der Waals surface area (Å²) in [5.74, 6) is -0.284. The molecule has 1 aliphatic rings. The van der Waals surface area contributed by atoms with Crippen molar-refractivity contribution in [1.82, 2.24) is 19.7 Å². The van der Waals surface area contributed by atoms with Crippen molar-refractivity contribution in [2.24, 2.45) is 5.41 Å². The molecule has 1 unspecified atom stereocenters. The molecule has 25 heavy (non-hydrogen) atoms. The molecule has 0 spiro atoms. The van der Waals surface area contributed by atoms with Gasteiger partial charge in [-0.3, -0.25) is 4.68 Å². The first-order chi connectivity index (χ1) is 11.7. The number of nitrogens with one attached hydrogen (secondary N) is 2. The molecule has 1 aliphatic carbocycles. The van der Waals surface area contributed by atoms with E-state index in [-0.39, 0.29) is 17.8 Å². The summed E-state index contributed by atoms with van der Waals surface area (Å²) in [6.45, 7) is 3.62. The van der Waals surface area contributed by atoms with E-state index in [0.717, 1.165) is 6.20 Å². The zero-order chi connectivity index (χ0) is 18.4. The second-order valence-corrected chi connectivity index (χ2v) is 6.19. The SMILES string of the molecule is CNc1nc(Nc2cn(C3C[C@]3(C)C#N)nc2C)ncc1C(F)(F)F. The molecule has 0 aromatic carbocycles. The topological polar surface area (TPSA) is 91.5 Å². The number of aromatic nitrogens is 4. The molecule has 0 radical (unpaired) electrons. The largest absolute Gasteiger partial charge is 0.421 e. The highest BCUT2D eigenvalue weighted by molar-refractivity contribution is 5.58. The van der Waals surface area contributed by atoms with E-state index < -0.39 is 17.2 Å². The minimum absolute atomic E-state index is 0.00635. The Balaban J connectivity index is 1.84. The Morgan fingerprint density at radius 3 is 2.72 bits per heavy atom. The second-order valence-electron chi connectivity index (χ2n) is 6.19. The quantitative estimate of drug-likeness (QED) is 0.878. The summed E-state index contributed by atoms with van der Waals surface area (Å²) in [5.41, 5.74) is -0.147. The third-order valence-corrected chi connectivity index (χ3v) is 4.26. The minimum atomic E-state index is -4.54. The van der Waals surface area contributed by atoms with Crippen molar-refractivity contribution in [1.29, 1.82) is 5.26 Å². The Labute approximate surface area is 141 Å². The summed E-state index contributed by atoms with van der Waals surface area (Å²) >= 11 is 0. The van der Waals surface area contributed by atoms with Crippen molar-refractivity contribution in [3.8, 4) is 6.07 Å². The fourth-order valence-corrected chi connectivity index (χ4v) is 2.57. The van der Waals surface area contributed by atoms with Crippen molar-refractivity contribution >= 4 is 17.5 Å². The molecule has 132 valence electrons. The molecule has 0 saturated heterocycles. The standard InChI is InChI=1S/C15H16F3N7/c1-8-10(6-25(24-8)11-4-14(11,2)7-19)22-13-21-5-9(15(16,17)18)12(20-3)23-13/h5-6,11H,4H2,1-3H3,(H2,20,21,22,23)/t11?,14-/m1/s1. The van der Waals surface area contributed by atoms with Gasteiger partial charge in [-0.05, 0) is 20.3 Å². The normalized spacial score (nSPS) is 22.4. The predicted octanol–water partition coefficient (Wildman–Crippen LogP) is 3.26. The molecule has 2 heterocycles. The molecule has 0 aliphatic heterocycles. The van der Waals surface area contributed by atoms with Gasteiger partial charge in [0, 0.05) is 19.4 Å². The van der Waals surface area contributed by atoms with Gasteiger partial charge in [0.25, 0.3) is 0 Å². The maximum atomic E-state index is 12.9. The van der Waals surface area contributed by atoms with Crippen molar-refractivity contribution in [2.45, 2.75) is 32.5 Å². The van der Waals surface area contributed by atoms with Gasteiger partial charge in [0.15, 0.2) is 0 Å². The van der Waals surface area contributed by atoms with E-state index in [2.05, 4.69) is 31.8 Å². The van der Waals surface area contributed by atoms with Crippen molar-refractivity contribution < 1.29 is 13.2 Å². The molecule has 2 atom stereocenters. The van der Waals surface area contributed by atoms with E-state index in [9.17, 15) is 13.2 Å². The van der Waals surface area contributed by atoms with Crippen molar-refractivity contribution in [3.05, 3.63) is 23.7 Å². The van der Waals surface area contributed by atoms with Crippen LogP contribution in [0.3, 0.4) is 0 Å².